The van der Waals surface area contributed by atoms with Crippen molar-refractivity contribution in [1.29, 1.82) is 0 Å². The Balaban J connectivity index is 1.40. The lowest BCUT2D eigenvalue weighted by Crippen LogP contribution is -2.15. The number of fused-ring (bicyclic) bond motifs is 1. The number of rotatable bonds is 7. The van der Waals surface area contributed by atoms with E-state index in [9.17, 15) is 0 Å². The van der Waals surface area contributed by atoms with Gasteiger partial charge >= 0.3 is 0 Å². The van der Waals surface area contributed by atoms with Crippen LogP contribution in [-0.2, 0) is 6.42 Å². The molecule has 0 aliphatic carbocycles. The molecule has 1 aliphatic heterocycles. The van der Waals surface area contributed by atoms with Crippen molar-refractivity contribution < 1.29 is 14.2 Å². The molecule has 0 saturated carbocycles. The maximum absolute atomic E-state index is 5.64. The molecule has 2 N–H and O–H groups in total. The number of benzene rings is 2. The largest absolute Gasteiger partial charge is 0.497 e. The molecule has 0 bridgehead atoms. The predicted octanol–water partition coefficient (Wildman–Crippen LogP) is 3.96. The van der Waals surface area contributed by atoms with Gasteiger partial charge in [0.25, 0.3) is 0 Å². The molecule has 7 nitrogen and oxygen atoms in total. The zero-order chi connectivity index (χ0) is 20.1. The molecule has 2 aromatic carbocycles. The van der Waals surface area contributed by atoms with E-state index in [2.05, 4.69) is 26.7 Å². The number of hydrogen-bond donors (Lipinski definition) is 2. The van der Waals surface area contributed by atoms with E-state index in [4.69, 9.17) is 14.2 Å². The van der Waals surface area contributed by atoms with Gasteiger partial charge in [0.15, 0.2) is 11.5 Å². The molecule has 1 aliphatic rings. The number of aromatic nitrogens is 2. The number of hydrogen-bond acceptors (Lipinski definition) is 7. The van der Waals surface area contributed by atoms with Crippen LogP contribution >= 0.6 is 0 Å². The number of nitrogens with one attached hydrogen (secondary N) is 2. The highest BCUT2D eigenvalue weighted by Crippen LogP contribution is 2.33. The summed E-state index contributed by atoms with van der Waals surface area (Å²) < 4.78 is 16.5. The van der Waals surface area contributed by atoms with Crippen LogP contribution < -0.4 is 24.8 Å². The zero-order valence-corrected chi connectivity index (χ0v) is 16.6. The molecule has 0 radical (unpaired) electrons. The van der Waals surface area contributed by atoms with Gasteiger partial charge in [-0.05, 0) is 43.2 Å². The van der Waals surface area contributed by atoms with Gasteiger partial charge in [-0.15, -0.1) is 0 Å². The first kappa shape index (κ1) is 18.9. The van der Waals surface area contributed by atoms with Crippen molar-refractivity contribution >= 4 is 17.5 Å². The second kappa shape index (κ2) is 8.68. The van der Waals surface area contributed by atoms with Gasteiger partial charge < -0.3 is 24.8 Å². The van der Waals surface area contributed by atoms with Gasteiger partial charge in [0.1, 0.15) is 24.8 Å². The minimum Gasteiger partial charge on any atom is -0.497 e. The third-order valence-electron chi connectivity index (χ3n) is 4.50. The Bertz CT molecular complexity index is 994. The summed E-state index contributed by atoms with van der Waals surface area (Å²) in [7, 11) is 1.67. The lowest BCUT2D eigenvalue weighted by molar-refractivity contribution is 0.171. The Labute approximate surface area is 170 Å². The van der Waals surface area contributed by atoms with E-state index < -0.39 is 0 Å². The first-order chi connectivity index (χ1) is 14.2. The van der Waals surface area contributed by atoms with Gasteiger partial charge in [-0.2, -0.15) is 4.98 Å². The predicted molar refractivity (Wildman–Crippen MR) is 113 cm³/mol. The van der Waals surface area contributed by atoms with Gasteiger partial charge in [0.2, 0.25) is 5.95 Å². The molecule has 0 saturated heterocycles. The summed E-state index contributed by atoms with van der Waals surface area (Å²) in [6.45, 7) is 3.81. The highest BCUT2D eigenvalue weighted by molar-refractivity contribution is 5.62. The molecular formula is C22H24N4O3. The van der Waals surface area contributed by atoms with E-state index in [0.717, 1.165) is 47.4 Å². The molecule has 150 valence electrons. The van der Waals surface area contributed by atoms with E-state index in [1.165, 1.54) is 5.56 Å². The van der Waals surface area contributed by atoms with Crippen LogP contribution in [0.4, 0.5) is 17.5 Å². The molecule has 0 spiro atoms. The summed E-state index contributed by atoms with van der Waals surface area (Å²) in [5.74, 6) is 3.68. The molecule has 0 unspecified atom stereocenters. The first-order valence-corrected chi connectivity index (χ1v) is 9.59. The Morgan fingerprint density at radius 2 is 1.86 bits per heavy atom. The molecule has 2 heterocycles. The summed E-state index contributed by atoms with van der Waals surface area (Å²) in [4.78, 5) is 9.05. The van der Waals surface area contributed by atoms with Gasteiger partial charge in [-0.3, -0.25) is 0 Å². The topological polar surface area (TPSA) is 77.5 Å². The van der Waals surface area contributed by atoms with Crippen molar-refractivity contribution in [3.8, 4) is 17.2 Å². The molecular weight excluding hydrogens is 368 g/mol. The second-order valence-electron chi connectivity index (χ2n) is 6.73. The van der Waals surface area contributed by atoms with Crippen molar-refractivity contribution in [2.75, 3.05) is 37.5 Å². The molecule has 0 fully saturated rings. The Morgan fingerprint density at radius 1 is 1.00 bits per heavy atom. The average molecular weight is 392 g/mol. The minimum absolute atomic E-state index is 0.560. The summed E-state index contributed by atoms with van der Waals surface area (Å²) in [6, 6.07) is 15.7. The maximum atomic E-state index is 5.64. The number of ether oxygens (including phenoxy) is 3. The van der Waals surface area contributed by atoms with Gasteiger partial charge in [0.05, 0.1) is 7.11 Å². The van der Waals surface area contributed by atoms with Crippen molar-refractivity contribution in [1.82, 2.24) is 9.97 Å². The van der Waals surface area contributed by atoms with Crippen molar-refractivity contribution in [3.05, 3.63) is 59.8 Å². The van der Waals surface area contributed by atoms with E-state index in [-0.39, 0.29) is 0 Å². The molecule has 3 aromatic rings. The normalized spacial score (nSPS) is 12.3. The van der Waals surface area contributed by atoms with E-state index in [1.807, 2.05) is 49.4 Å². The van der Waals surface area contributed by atoms with Gasteiger partial charge in [-0.1, -0.05) is 12.1 Å². The quantitative estimate of drug-likeness (QED) is 0.630. The van der Waals surface area contributed by atoms with Crippen LogP contribution in [0, 0.1) is 6.92 Å². The molecule has 29 heavy (non-hydrogen) atoms. The van der Waals surface area contributed by atoms with Crippen LogP contribution in [0.2, 0.25) is 0 Å². The van der Waals surface area contributed by atoms with Gasteiger partial charge in [-0.25, -0.2) is 4.98 Å². The smallest absolute Gasteiger partial charge is 0.224 e. The summed E-state index contributed by atoms with van der Waals surface area (Å²) in [6.07, 6.45) is 0.847. The molecule has 0 atom stereocenters. The maximum Gasteiger partial charge on any atom is 0.224 e. The fourth-order valence-corrected chi connectivity index (χ4v) is 3.13. The number of anilines is 3. The van der Waals surface area contributed by atoms with Crippen molar-refractivity contribution in [2.24, 2.45) is 0 Å². The third kappa shape index (κ3) is 4.87. The van der Waals surface area contributed by atoms with E-state index >= 15 is 0 Å². The van der Waals surface area contributed by atoms with Crippen LogP contribution in [0.25, 0.3) is 0 Å². The van der Waals surface area contributed by atoms with Crippen LogP contribution in [0.5, 0.6) is 17.2 Å². The minimum atomic E-state index is 0.560. The average Bonchev–Trinajstić information content (AvgIpc) is 2.73. The zero-order valence-electron chi connectivity index (χ0n) is 16.6. The highest BCUT2D eigenvalue weighted by Gasteiger charge is 2.12. The number of nitrogens with zero attached hydrogens (tertiary/aromatic N) is 2. The Morgan fingerprint density at radius 3 is 2.72 bits per heavy atom. The van der Waals surface area contributed by atoms with Crippen LogP contribution in [-0.4, -0.2) is 36.8 Å². The van der Waals surface area contributed by atoms with E-state index in [0.29, 0.717) is 19.2 Å². The first-order valence-electron chi connectivity index (χ1n) is 9.59. The fourth-order valence-electron chi connectivity index (χ4n) is 3.13. The molecule has 7 heteroatoms. The standard InChI is InChI=1S/C22H24N4O3/c1-15-12-21(25-17-6-7-19-20(14-17)29-11-10-28-19)26-22(24-15)23-9-8-16-4-3-5-18(13-16)27-2/h3-7,12-14H,8-11H2,1-2H3,(H2,23,24,25,26). The molecule has 4 rings (SSSR count). The molecule has 1 aromatic heterocycles. The number of aryl methyl sites for hydroxylation is 1. The number of methoxy groups -OCH3 is 1. The second-order valence-corrected chi connectivity index (χ2v) is 6.73. The van der Waals surface area contributed by atoms with Crippen LogP contribution in [0.1, 0.15) is 11.3 Å². The molecule has 0 amide bonds. The lowest BCUT2D eigenvalue weighted by Gasteiger charge is -2.19. The Hall–Kier alpha value is -3.48. The van der Waals surface area contributed by atoms with Crippen LogP contribution in [0.15, 0.2) is 48.5 Å². The summed E-state index contributed by atoms with van der Waals surface area (Å²) in [5, 5.41) is 6.62. The fraction of sp³-hybridized carbons (Fsp3) is 0.273. The van der Waals surface area contributed by atoms with Crippen LogP contribution in [0.3, 0.4) is 0 Å². The highest BCUT2D eigenvalue weighted by atomic mass is 16.6. The van der Waals surface area contributed by atoms with E-state index in [1.54, 1.807) is 7.11 Å². The monoisotopic (exact) mass is 392 g/mol. The van der Waals surface area contributed by atoms with Crippen molar-refractivity contribution in [3.63, 3.8) is 0 Å². The third-order valence-corrected chi connectivity index (χ3v) is 4.50. The van der Waals surface area contributed by atoms with Gasteiger partial charge in [0, 0.05) is 30.1 Å². The summed E-state index contributed by atoms with van der Waals surface area (Å²) in [5.41, 5.74) is 2.96. The summed E-state index contributed by atoms with van der Waals surface area (Å²) >= 11 is 0. The Kier molecular flexibility index (Phi) is 5.65. The lowest BCUT2D eigenvalue weighted by atomic mass is 10.1. The van der Waals surface area contributed by atoms with Crippen molar-refractivity contribution in [2.45, 2.75) is 13.3 Å². The SMILES string of the molecule is COc1cccc(CCNc2nc(C)cc(Nc3ccc4c(c3)OCCO4)n2)c1.